The molecule has 0 aliphatic heterocycles. The Kier molecular flexibility index (Phi) is 10.0. The molecule has 2 aromatic rings. The van der Waals surface area contributed by atoms with Gasteiger partial charge in [-0.3, -0.25) is 9.79 Å². The van der Waals surface area contributed by atoms with E-state index >= 15 is 0 Å². The van der Waals surface area contributed by atoms with Gasteiger partial charge >= 0.3 is 0 Å². The van der Waals surface area contributed by atoms with E-state index in [4.69, 9.17) is 4.74 Å². The Bertz CT molecular complexity index is 729. The van der Waals surface area contributed by atoms with Crippen LogP contribution in [0.5, 0.6) is 0 Å². The summed E-state index contributed by atoms with van der Waals surface area (Å²) >= 11 is 0. The van der Waals surface area contributed by atoms with Crippen LogP contribution < -0.4 is 16.0 Å². The van der Waals surface area contributed by atoms with Crippen molar-refractivity contribution >= 4 is 46.7 Å². The van der Waals surface area contributed by atoms with E-state index in [9.17, 15) is 4.79 Å². The van der Waals surface area contributed by atoms with Crippen molar-refractivity contribution < 1.29 is 9.53 Å². The minimum Gasteiger partial charge on any atom is -0.383 e. The number of halogens is 1. The molecule has 7 nitrogen and oxygen atoms in total. The number of hydrogen-bond donors (Lipinski definition) is 4. The summed E-state index contributed by atoms with van der Waals surface area (Å²) in [4.78, 5) is 19.1. The lowest BCUT2D eigenvalue weighted by atomic mass is 10.1. The summed E-state index contributed by atoms with van der Waals surface area (Å²) in [5.41, 5.74) is 3.70. The molecule has 0 bridgehead atoms. The normalized spacial score (nSPS) is 11.1. The fourth-order valence-corrected chi connectivity index (χ4v) is 2.70. The summed E-state index contributed by atoms with van der Waals surface area (Å²) in [6, 6.07) is 6.26. The summed E-state index contributed by atoms with van der Waals surface area (Å²) in [7, 11) is 3.29. The lowest BCUT2D eigenvalue weighted by Crippen LogP contribution is -2.44. The molecule has 144 valence electrons. The molecule has 0 aliphatic rings. The summed E-state index contributed by atoms with van der Waals surface area (Å²) < 4.78 is 4.89. The number of methoxy groups -OCH3 is 1. The summed E-state index contributed by atoms with van der Waals surface area (Å²) in [6.07, 6.45) is 2.92. The van der Waals surface area contributed by atoms with E-state index in [0.29, 0.717) is 19.1 Å². The molecule has 0 spiro atoms. The van der Waals surface area contributed by atoms with Crippen molar-refractivity contribution in [2.24, 2.45) is 4.99 Å². The lowest BCUT2D eigenvalue weighted by Gasteiger charge is -2.12. The zero-order chi connectivity index (χ0) is 18.1. The molecule has 8 heteroatoms. The van der Waals surface area contributed by atoms with Gasteiger partial charge < -0.3 is 25.7 Å². The molecule has 0 saturated heterocycles. The largest absolute Gasteiger partial charge is 0.383 e. The van der Waals surface area contributed by atoms with E-state index in [-0.39, 0.29) is 36.4 Å². The third-order valence-electron chi connectivity index (χ3n) is 3.95. The standard InChI is InChI=1S/C18H27N5O2.HI/c1-13-5-4-6-15-17(13)14(11-22-15)7-8-21-18(19-2)23-12-16(24)20-9-10-25-3;/h4-6,11,22H,7-10,12H2,1-3H3,(H,20,24)(H2,19,21,23);1H. The van der Waals surface area contributed by atoms with Crippen LogP contribution in [-0.2, 0) is 16.0 Å². The Hall–Kier alpha value is -1.81. The Morgan fingerprint density at radius 3 is 2.77 bits per heavy atom. The van der Waals surface area contributed by atoms with Crippen molar-refractivity contribution in [2.75, 3.05) is 40.4 Å². The van der Waals surface area contributed by atoms with Gasteiger partial charge in [-0.25, -0.2) is 0 Å². The van der Waals surface area contributed by atoms with Crippen LogP contribution in [0.2, 0.25) is 0 Å². The highest BCUT2D eigenvalue weighted by atomic mass is 127. The molecule has 0 aliphatic carbocycles. The number of rotatable bonds is 8. The number of fused-ring (bicyclic) bond motifs is 1. The molecular formula is C18H28IN5O2. The molecule has 1 amide bonds. The van der Waals surface area contributed by atoms with Crippen molar-refractivity contribution in [1.82, 2.24) is 20.9 Å². The molecule has 2 rings (SSSR count). The first-order valence-electron chi connectivity index (χ1n) is 8.41. The maximum Gasteiger partial charge on any atom is 0.239 e. The van der Waals surface area contributed by atoms with Gasteiger partial charge in [-0.15, -0.1) is 24.0 Å². The molecule has 1 aromatic heterocycles. The van der Waals surface area contributed by atoms with Crippen molar-refractivity contribution in [2.45, 2.75) is 13.3 Å². The van der Waals surface area contributed by atoms with Gasteiger partial charge in [-0.1, -0.05) is 12.1 Å². The third kappa shape index (κ3) is 6.49. The predicted molar refractivity (Wildman–Crippen MR) is 116 cm³/mol. The van der Waals surface area contributed by atoms with Gasteiger partial charge in [0.2, 0.25) is 5.91 Å². The number of carbonyl (C=O) groups excluding carboxylic acids is 1. The smallest absolute Gasteiger partial charge is 0.239 e. The highest BCUT2D eigenvalue weighted by Gasteiger charge is 2.07. The first-order chi connectivity index (χ1) is 12.2. The van der Waals surface area contributed by atoms with Crippen molar-refractivity contribution in [3.8, 4) is 0 Å². The minimum atomic E-state index is -0.0905. The Morgan fingerprint density at radius 1 is 1.23 bits per heavy atom. The van der Waals surface area contributed by atoms with Crippen LogP contribution >= 0.6 is 24.0 Å². The number of aliphatic imine (C=N–C) groups is 1. The average molecular weight is 473 g/mol. The van der Waals surface area contributed by atoms with Gasteiger partial charge in [-0.2, -0.15) is 0 Å². The number of amides is 1. The molecule has 0 unspecified atom stereocenters. The monoisotopic (exact) mass is 473 g/mol. The number of nitrogens with zero attached hydrogens (tertiary/aromatic N) is 1. The molecule has 0 fully saturated rings. The number of hydrogen-bond acceptors (Lipinski definition) is 3. The number of aryl methyl sites for hydroxylation is 1. The number of nitrogens with one attached hydrogen (secondary N) is 4. The molecular weight excluding hydrogens is 445 g/mol. The van der Waals surface area contributed by atoms with Gasteiger partial charge in [0, 0.05) is 44.3 Å². The number of aromatic amines is 1. The molecule has 26 heavy (non-hydrogen) atoms. The second-order valence-electron chi connectivity index (χ2n) is 5.76. The highest BCUT2D eigenvalue weighted by Crippen LogP contribution is 2.22. The predicted octanol–water partition coefficient (Wildman–Crippen LogP) is 1.56. The second kappa shape index (κ2) is 11.7. The first kappa shape index (κ1) is 22.2. The van der Waals surface area contributed by atoms with Crippen LogP contribution in [0.25, 0.3) is 10.9 Å². The van der Waals surface area contributed by atoms with Gasteiger partial charge in [-0.05, 0) is 30.5 Å². The fourth-order valence-electron chi connectivity index (χ4n) is 2.70. The van der Waals surface area contributed by atoms with E-state index in [2.05, 4.69) is 57.2 Å². The second-order valence-corrected chi connectivity index (χ2v) is 5.76. The van der Waals surface area contributed by atoms with Crippen molar-refractivity contribution in [1.29, 1.82) is 0 Å². The molecule has 0 saturated carbocycles. The van der Waals surface area contributed by atoms with Crippen LogP contribution in [0, 0.1) is 6.92 Å². The van der Waals surface area contributed by atoms with Crippen LogP contribution in [0.4, 0.5) is 0 Å². The van der Waals surface area contributed by atoms with E-state index in [0.717, 1.165) is 18.5 Å². The zero-order valence-corrected chi connectivity index (χ0v) is 17.8. The SMILES string of the molecule is CN=C(NCCc1c[nH]c2cccc(C)c12)NCC(=O)NCCOC.I. The van der Waals surface area contributed by atoms with Gasteiger partial charge in [0.1, 0.15) is 0 Å². The first-order valence-corrected chi connectivity index (χ1v) is 8.41. The summed E-state index contributed by atoms with van der Waals surface area (Å²) in [5.74, 6) is 0.519. The number of carbonyl (C=O) groups is 1. The summed E-state index contributed by atoms with van der Waals surface area (Å²) in [5, 5.41) is 10.3. The Morgan fingerprint density at radius 2 is 2.04 bits per heavy atom. The third-order valence-corrected chi connectivity index (χ3v) is 3.95. The summed E-state index contributed by atoms with van der Waals surface area (Å²) in [6.45, 7) is 4.03. The highest BCUT2D eigenvalue weighted by molar-refractivity contribution is 14.0. The molecule has 0 atom stereocenters. The quantitative estimate of drug-likeness (QED) is 0.203. The lowest BCUT2D eigenvalue weighted by molar-refractivity contribution is -0.120. The zero-order valence-electron chi connectivity index (χ0n) is 15.5. The average Bonchev–Trinajstić information content (AvgIpc) is 3.02. The van der Waals surface area contributed by atoms with Crippen LogP contribution in [0.3, 0.4) is 0 Å². The molecule has 1 heterocycles. The number of aromatic nitrogens is 1. The number of ether oxygens (including phenoxy) is 1. The van der Waals surface area contributed by atoms with E-state index < -0.39 is 0 Å². The topological polar surface area (TPSA) is 90.5 Å². The minimum absolute atomic E-state index is 0. The van der Waals surface area contributed by atoms with Crippen LogP contribution in [0.1, 0.15) is 11.1 Å². The maximum absolute atomic E-state index is 11.7. The number of H-pyrrole nitrogens is 1. The molecule has 4 N–H and O–H groups in total. The Labute approximate surface area is 171 Å². The maximum atomic E-state index is 11.7. The van der Waals surface area contributed by atoms with Crippen LogP contribution in [0.15, 0.2) is 29.4 Å². The van der Waals surface area contributed by atoms with E-state index in [1.165, 1.54) is 16.5 Å². The van der Waals surface area contributed by atoms with Crippen LogP contribution in [-0.4, -0.2) is 57.2 Å². The van der Waals surface area contributed by atoms with Gasteiger partial charge in [0.25, 0.3) is 0 Å². The fraction of sp³-hybridized carbons (Fsp3) is 0.444. The van der Waals surface area contributed by atoms with Crippen molar-refractivity contribution in [3.05, 3.63) is 35.5 Å². The number of benzene rings is 1. The van der Waals surface area contributed by atoms with Gasteiger partial charge in [0.15, 0.2) is 5.96 Å². The van der Waals surface area contributed by atoms with E-state index in [1.807, 2.05) is 0 Å². The molecule has 1 aromatic carbocycles. The van der Waals surface area contributed by atoms with E-state index in [1.54, 1.807) is 14.2 Å². The van der Waals surface area contributed by atoms with Gasteiger partial charge in [0.05, 0.1) is 13.2 Å². The Balaban J connectivity index is 0.00000338. The number of guanidine groups is 1. The van der Waals surface area contributed by atoms with Crippen molar-refractivity contribution in [3.63, 3.8) is 0 Å². The molecule has 0 radical (unpaired) electrons.